The monoisotopic (exact) mass is 173 g/mol. The van der Waals surface area contributed by atoms with Crippen molar-refractivity contribution in [3.63, 3.8) is 0 Å². The summed E-state index contributed by atoms with van der Waals surface area (Å²) in [5.41, 5.74) is -0.598. The third kappa shape index (κ3) is 0.973. The van der Waals surface area contributed by atoms with Gasteiger partial charge in [0, 0.05) is 16.5 Å². The van der Waals surface area contributed by atoms with E-state index in [0.29, 0.717) is 0 Å². The second-order valence-corrected chi connectivity index (χ2v) is 2.22. The van der Waals surface area contributed by atoms with Gasteiger partial charge in [0.1, 0.15) is 5.15 Å². The van der Waals surface area contributed by atoms with Crippen LogP contribution >= 0.6 is 11.6 Å². The molecular formula is C7H6ClN3. The molecule has 11 heavy (non-hydrogen) atoms. The molecule has 0 radical (unpaired) electrons. The van der Waals surface area contributed by atoms with Crippen LogP contribution in [0.5, 0.6) is 0 Å². The maximum Gasteiger partial charge on any atom is 0.156 e. The highest BCUT2D eigenvalue weighted by molar-refractivity contribution is 6.29. The van der Waals surface area contributed by atoms with Crippen LogP contribution in [0.1, 0.15) is 13.8 Å². The average Bonchev–Trinajstić information content (AvgIpc) is 2.44. The first-order chi connectivity index (χ1) is 7.73. The van der Waals surface area contributed by atoms with Crippen LogP contribution in [-0.4, -0.2) is 14.6 Å². The Morgan fingerprint density at radius 3 is 3.55 bits per heavy atom. The van der Waals surface area contributed by atoms with Gasteiger partial charge in [-0.15, -0.1) is 0 Å². The molecule has 2 rings (SSSR count). The molecule has 0 atom stereocenters. The molecule has 0 aliphatic heterocycles. The molecule has 0 aromatic carbocycles. The van der Waals surface area contributed by atoms with E-state index in [1.54, 1.807) is 0 Å². The van der Waals surface area contributed by atoms with E-state index in [9.17, 15) is 0 Å². The van der Waals surface area contributed by atoms with Gasteiger partial charge in [-0.05, 0) is 18.5 Å². The van der Waals surface area contributed by atoms with E-state index in [1.807, 2.05) is 0 Å². The van der Waals surface area contributed by atoms with Gasteiger partial charge in [-0.1, -0.05) is 11.6 Å². The number of aryl methyl sites for hydroxylation is 1. The van der Waals surface area contributed by atoms with Crippen molar-refractivity contribution in [3.8, 4) is 0 Å². The summed E-state index contributed by atoms with van der Waals surface area (Å²) >= 11 is 5.64. The topological polar surface area (TPSA) is 30.2 Å². The minimum Gasteiger partial charge on any atom is -0.235 e. The highest BCUT2D eigenvalue weighted by atomic mass is 35.5. The van der Waals surface area contributed by atoms with Crippen LogP contribution in [-0.2, 0) is 0 Å². The number of imidazole rings is 1. The molecule has 56 valence electrons. The lowest BCUT2D eigenvalue weighted by molar-refractivity contribution is 0.928. The zero-order chi connectivity index (χ0) is 13.0. The summed E-state index contributed by atoms with van der Waals surface area (Å²) < 4.78 is 45.2. The summed E-state index contributed by atoms with van der Waals surface area (Å²) in [6.45, 7) is -2.60. The number of nitrogens with zero attached hydrogens (tertiary/aromatic N) is 3. The summed E-state index contributed by atoms with van der Waals surface area (Å²) in [5, 5.41) is 3.31. The third-order valence-corrected chi connectivity index (χ3v) is 1.33. The smallest absolute Gasteiger partial charge is 0.156 e. The van der Waals surface area contributed by atoms with Gasteiger partial charge in [0.05, 0.1) is 4.11 Å². The van der Waals surface area contributed by atoms with E-state index in [1.165, 1.54) is 0 Å². The van der Waals surface area contributed by atoms with Gasteiger partial charge in [-0.25, -0.2) is 9.50 Å². The zero-order valence-corrected chi connectivity index (χ0v) is 5.98. The molecule has 0 spiro atoms. The summed E-state index contributed by atoms with van der Waals surface area (Å²) in [6, 6.07) is -0.454. The molecule has 0 saturated heterocycles. The fraction of sp³-hybridized carbons (Fsp3) is 0.143. The Hall–Kier alpha value is -1.09. The predicted molar refractivity (Wildman–Crippen MR) is 42.7 cm³/mol. The molecule has 0 bridgehead atoms. The van der Waals surface area contributed by atoms with Crippen molar-refractivity contribution in [2.75, 3.05) is 0 Å². The molecule has 4 heteroatoms. The highest BCUT2D eigenvalue weighted by Gasteiger charge is 1.99. The van der Waals surface area contributed by atoms with E-state index in [-0.39, 0.29) is 17.0 Å². The molecule has 0 amide bonds. The Morgan fingerprint density at radius 2 is 2.73 bits per heavy atom. The van der Waals surface area contributed by atoms with Gasteiger partial charge < -0.3 is 0 Å². The standard InChI is InChI=1S/C7H6ClN3/c1-5-4-6(8)10-11-3-2-9-7(5)11/h2-4H,1H3/i1D3,2D,3D,4D. The first-order valence-corrected chi connectivity index (χ1v) is 3.13. The second kappa shape index (κ2) is 2.20. The first kappa shape index (κ1) is 2.75. The van der Waals surface area contributed by atoms with Crippen LogP contribution in [0.4, 0.5) is 0 Å². The van der Waals surface area contributed by atoms with Crippen LogP contribution in [0.2, 0.25) is 5.15 Å². The Balaban J connectivity index is 2.98. The fourth-order valence-electron chi connectivity index (χ4n) is 0.732. The van der Waals surface area contributed by atoms with Crippen LogP contribution < -0.4 is 0 Å². The third-order valence-electron chi connectivity index (χ3n) is 1.16. The summed E-state index contributed by atoms with van der Waals surface area (Å²) in [7, 11) is 0. The Morgan fingerprint density at radius 1 is 1.82 bits per heavy atom. The number of hydrogen-bond acceptors (Lipinski definition) is 2. The first-order valence-electron chi connectivity index (χ1n) is 5.76. The van der Waals surface area contributed by atoms with Crippen molar-refractivity contribution in [2.24, 2.45) is 0 Å². The van der Waals surface area contributed by atoms with Crippen LogP contribution in [0, 0.1) is 6.85 Å². The van der Waals surface area contributed by atoms with Crippen LogP contribution in [0.3, 0.4) is 0 Å². The summed E-state index contributed by atoms with van der Waals surface area (Å²) in [4.78, 5) is 3.62. The average molecular weight is 174 g/mol. The molecule has 3 nitrogen and oxygen atoms in total. The van der Waals surface area contributed by atoms with Crippen LogP contribution in [0.15, 0.2) is 18.4 Å². The lowest BCUT2D eigenvalue weighted by atomic mass is 10.3. The normalized spacial score (nSPS) is 19.7. The van der Waals surface area contributed by atoms with Gasteiger partial charge >= 0.3 is 0 Å². The predicted octanol–water partition coefficient (Wildman–Crippen LogP) is 1.69. The van der Waals surface area contributed by atoms with E-state index in [2.05, 4.69) is 10.1 Å². The van der Waals surface area contributed by atoms with Gasteiger partial charge in [-0.2, -0.15) is 5.10 Å². The molecule has 2 heterocycles. The van der Waals surface area contributed by atoms with Gasteiger partial charge in [0.15, 0.2) is 5.65 Å². The van der Waals surface area contributed by atoms with Crippen LogP contribution in [0.25, 0.3) is 5.65 Å². The van der Waals surface area contributed by atoms with E-state index >= 15 is 0 Å². The quantitative estimate of drug-likeness (QED) is 0.607. The minimum absolute atomic E-state index is 0.200. The molecular weight excluding hydrogens is 162 g/mol. The number of fused-ring (bicyclic) bond motifs is 1. The Labute approximate surface area is 77.1 Å². The molecule has 0 N–H and O–H groups in total. The van der Waals surface area contributed by atoms with Gasteiger partial charge in [0.2, 0.25) is 0 Å². The lowest BCUT2D eigenvalue weighted by Gasteiger charge is -1.96. The SMILES string of the molecule is [2H]c1nc2c(C([2H])([2H])[2H])c([2H])c(Cl)nn2c1[2H]. The Kier molecular flexibility index (Phi) is 0.551. The van der Waals surface area contributed by atoms with Crippen molar-refractivity contribution in [2.45, 2.75) is 6.85 Å². The molecule has 0 aliphatic rings. The van der Waals surface area contributed by atoms with Gasteiger partial charge in [0.25, 0.3) is 0 Å². The summed E-state index contributed by atoms with van der Waals surface area (Å²) in [5.74, 6) is 0. The highest BCUT2D eigenvalue weighted by Crippen LogP contribution is 2.10. The van der Waals surface area contributed by atoms with Crippen molar-refractivity contribution in [3.05, 3.63) is 29.1 Å². The van der Waals surface area contributed by atoms with Crippen molar-refractivity contribution in [1.29, 1.82) is 0 Å². The Bertz CT molecular complexity index is 604. The van der Waals surface area contributed by atoms with E-state index in [4.69, 9.17) is 19.8 Å². The molecule has 0 saturated carbocycles. The molecule has 0 aliphatic carbocycles. The van der Waals surface area contributed by atoms with Crippen molar-refractivity contribution >= 4 is 17.2 Å². The van der Waals surface area contributed by atoms with Gasteiger partial charge in [-0.3, -0.25) is 0 Å². The van der Waals surface area contributed by atoms with Crippen molar-refractivity contribution in [1.82, 2.24) is 14.6 Å². The number of hydrogen-bond donors (Lipinski definition) is 0. The molecule has 2 aromatic rings. The van der Waals surface area contributed by atoms with E-state index in [0.717, 1.165) is 4.52 Å². The second-order valence-electron chi connectivity index (χ2n) is 1.86. The number of rotatable bonds is 0. The number of aromatic nitrogens is 3. The lowest BCUT2D eigenvalue weighted by Crippen LogP contribution is -1.92. The largest absolute Gasteiger partial charge is 0.235 e. The zero-order valence-electron chi connectivity index (χ0n) is 11.2. The molecule has 0 unspecified atom stereocenters. The maximum atomic E-state index is 7.58. The molecule has 0 fully saturated rings. The van der Waals surface area contributed by atoms with E-state index < -0.39 is 24.6 Å². The maximum absolute atomic E-state index is 7.58. The molecule has 2 aromatic heterocycles. The number of halogens is 1. The summed E-state index contributed by atoms with van der Waals surface area (Å²) in [6.07, 6.45) is -0.780. The minimum atomic E-state index is -2.60. The van der Waals surface area contributed by atoms with Crippen molar-refractivity contribution < 1.29 is 8.22 Å². The fourth-order valence-corrected chi connectivity index (χ4v) is 0.902.